The number of rotatable bonds is 4. The van der Waals surface area contributed by atoms with Crippen molar-refractivity contribution >= 4 is 11.9 Å². The van der Waals surface area contributed by atoms with Gasteiger partial charge in [0, 0.05) is 6.04 Å². The van der Waals surface area contributed by atoms with Gasteiger partial charge in [0.1, 0.15) is 18.7 Å². The third-order valence-electron chi connectivity index (χ3n) is 3.87. The van der Waals surface area contributed by atoms with Crippen LogP contribution in [0.1, 0.15) is 45.1 Å². The van der Waals surface area contributed by atoms with Gasteiger partial charge in [0.25, 0.3) is 0 Å². The monoisotopic (exact) mass is 280 g/mol. The molecule has 0 radical (unpaired) electrons. The van der Waals surface area contributed by atoms with Gasteiger partial charge in [0.2, 0.25) is 5.91 Å². The first kappa shape index (κ1) is 14.5. The molecule has 7 nitrogen and oxygen atoms in total. The molecule has 20 heavy (non-hydrogen) atoms. The van der Waals surface area contributed by atoms with Gasteiger partial charge in [-0.1, -0.05) is 19.3 Å². The molecular weight excluding hydrogens is 260 g/mol. The van der Waals surface area contributed by atoms with Gasteiger partial charge in [-0.2, -0.15) is 5.10 Å². The molecule has 110 valence electrons. The Labute approximate surface area is 117 Å². The van der Waals surface area contributed by atoms with Crippen LogP contribution >= 0.6 is 0 Å². The predicted octanol–water partition coefficient (Wildman–Crippen LogP) is 0.989. The van der Waals surface area contributed by atoms with E-state index in [2.05, 4.69) is 15.4 Å². The van der Waals surface area contributed by atoms with Crippen LogP contribution in [0.3, 0.4) is 0 Å². The fourth-order valence-corrected chi connectivity index (χ4v) is 2.62. The van der Waals surface area contributed by atoms with Crippen LogP contribution in [0.15, 0.2) is 12.7 Å². The van der Waals surface area contributed by atoms with E-state index < -0.39 is 17.9 Å². The highest BCUT2D eigenvalue weighted by Gasteiger charge is 2.31. The second-order valence-corrected chi connectivity index (χ2v) is 5.25. The number of amides is 1. The maximum atomic E-state index is 12.2. The van der Waals surface area contributed by atoms with Crippen molar-refractivity contribution in [3.8, 4) is 0 Å². The lowest BCUT2D eigenvalue weighted by Gasteiger charge is -2.24. The summed E-state index contributed by atoms with van der Waals surface area (Å²) in [5.41, 5.74) is 0. The molecule has 3 atom stereocenters. The van der Waals surface area contributed by atoms with Crippen molar-refractivity contribution in [1.29, 1.82) is 0 Å². The number of nitrogens with one attached hydrogen (secondary N) is 1. The molecule has 0 aliphatic heterocycles. The zero-order valence-corrected chi connectivity index (χ0v) is 11.5. The smallest absolute Gasteiger partial charge is 0.308 e. The van der Waals surface area contributed by atoms with Gasteiger partial charge in [-0.25, -0.2) is 9.67 Å². The third kappa shape index (κ3) is 3.34. The molecule has 0 bridgehead atoms. The summed E-state index contributed by atoms with van der Waals surface area (Å²) in [6.45, 7) is 1.72. The van der Waals surface area contributed by atoms with Gasteiger partial charge >= 0.3 is 5.97 Å². The highest BCUT2D eigenvalue weighted by Crippen LogP contribution is 2.24. The molecular formula is C13H20N4O3. The molecule has 1 aromatic rings. The molecule has 7 heteroatoms. The number of carboxylic acids is 1. The van der Waals surface area contributed by atoms with Crippen molar-refractivity contribution < 1.29 is 14.7 Å². The van der Waals surface area contributed by atoms with E-state index >= 15 is 0 Å². The maximum absolute atomic E-state index is 12.2. The lowest BCUT2D eigenvalue weighted by Crippen LogP contribution is -2.45. The first-order valence-electron chi connectivity index (χ1n) is 6.97. The summed E-state index contributed by atoms with van der Waals surface area (Å²) in [4.78, 5) is 27.3. The first-order chi connectivity index (χ1) is 9.59. The molecule has 0 aromatic carbocycles. The van der Waals surface area contributed by atoms with Crippen LogP contribution < -0.4 is 5.32 Å². The van der Waals surface area contributed by atoms with Crippen LogP contribution in [0, 0.1) is 5.92 Å². The van der Waals surface area contributed by atoms with E-state index in [9.17, 15) is 14.7 Å². The fourth-order valence-electron chi connectivity index (χ4n) is 2.62. The number of nitrogens with zero attached hydrogens (tertiary/aromatic N) is 3. The predicted molar refractivity (Wildman–Crippen MR) is 70.9 cm³/mol. The molecule has 1 fully saturated rings. The molecule has 1 aromatic heterocycles. The second kappa shape index (κ2) is 6.49. The number of hydrogen-bond acceptors (Lipinski definition) is 4. The highest BCUT2D eigenvalue weighted by molar-refractivity contribution is 5.81. The Morgan fingerprint density at radius 3 is 2.75 bits per heavy atom. The van der Waals surface area contributed by atoms with Gasteiger partial charge in [-0.3, -0.25) is 9.59 Å². The molecule has 0 spiro atoms. The van der Waals surface area contributed by atoms with Gasteiger partial charge in [0.15, 0.2) is 0 Å². The van der Waals surface area contributed by atoms with E-state index in [0.29, 0.717) is 12.8 Å². The summed E-state index contributed by atoms with van der Waals surface area (Å²) in [5, 5.41) is 16.1. The average molecular weight is 280 g/mol. The lowest BCUT2D eigenvalue weighted by atomic mass is 9.94. The molecule has 1 amide bonds. The van der Waals surface area contributed by atoms with Gasteiger partial charge in [-0.05, 0) is 19.8 Å². The van der Waals surface area contributed by atoms with Gasteiger partial charge in [0.05, 0.1) is 5.92 Å². The van der Waals surface area contributed by atoms with E-state index in [1.807, 2.05) is 0 Å². The fraction of sp³-hybridized carbons (Fsp3) is 0.692. The quantitative estimate of drug-likeness (QED) is 0.802. The lowest BCUT2D eigenvalue weighted by molar-refractivity contribution is -0.143. The summed E-state index contributed by atoms with van der Waals surface area (Å²) in [6.07, 6.45) is 7.06. The van der Waals surface area contributed by atoms with Crippen molar-refractivity contribution in [2.45, 2.75) is 51.1 Å². The number of carbonyl (C=O) groups is 2. The molecule has 1 saturated carbocycles. The molecule has 2 N–H and O–H groups in total. The summed E-state index contributed by atoms with van der Waals surface area (Å²) in [5.74, 6) is -1.54. The van der Waals surface area contributed by atoms with Crippen LogP contribution in [0.4, 0.5) is 0 Å². The van der Waals surface area contributed by atoms with Crippen LogP contribution in [-0.4, -0.2) is 37.8 Å². The molecule has 2 rings (SSSR count). The van der Waals surface area contributed by atoms with Crippen LogP contribution in [0.2, 0.25) is 0 Å². The minimum absolute atomic E-state index is 0.214. The zero-order chi connectivity index (χ0) is 14.5. The van der Waals surface area contributed by atoms with Crippen molar-refractivity contribution in [2.24, 2.45) is 5.92 Å². The minimum atomic E-state index is -0.828. The second-order valence-electron chi connectivity index (χ2n) is 5.25. The van der Waals surface area contributed by atoms with Crippen molar-refractivity contribution in [3.63, 3.8) is 0 Å². The van der Waals surface area contributed by atoms with Crippen LogP contribution in [0.5, 0.6) is 0 Å². The standard InChI is InChI=1S/C13H20N4O3/c1-9(17-8-14-7-15-17)12(18)16-11-6-4-2-3-5-10(11)13(19)20/h7-11H,2-6H2,1H3,(H,16,18)(H,19,20). The first-order valence-corrected chi connectivity index (χ1v) is 6.97. The highest BCUT2D eigenvalue weighted by atomic mass is 16.4. The van der Waals surface area contributed by atoms with Gasteiger partial charge < -0.3 is 10.4 Å². The van der Waals surface area contributed by atoms with E-state index in [4.69, 9.17) is 0 Å². The van der Waals surface area contributed by atoms with Crippen LogP contribution in [-0.2, 0) is 9.59 Å². The molecule has 0 saturated heterocycles. The van der Waals surface area contributed by atoms with E-state index in [-0.39, 0.29) is 11.9 Å². The Bertz CT molecular complexity index is 460. The Morgan fingerprint density at radius 2 is 2.10 bits per heavy atom. The number of aliphatic carboxylic acids is 1. The van der Waals surface area contributed by atoms with Crippen molar-refractivity contribution in [3.05, 3.63) is 12.7 Å². The molecule has 3 unspecified atom stereocenters. The SMILES string of the molecule is CC(C(=O)NC1CCCCCC1C(=O)O)n1cncn1. The Balaban J connectivity index is 2.02. The zero-order valence-electron chi connectivity index (χ0n) is 11.5. The van der Waals surface area contributed by atoms with E-state index in [0.717, 1.165) is 19.3 Å². The van der Waals surface area contributed by atoms with Crippen molar-refractivity contribution in [1.82, 2.24) is 20.1 Å². The molecule has 1 aliphatic rings. The average Bonchev–Trinajstić information content (AvgIpc) is 2.85. The summed E-state index contributed by atoms with van der Waals surface area (Å²) >= 11 is 0. The number of aromatic nitrogens is 3. The Kier molecular flexibility index (Phi) is 4.70. The van der Waals surface area contributed by atoms with E-state index in [1.165, 1.54) is 17.3 Å². The van der Waals surface area contributed by atoms with E-state index in [1.54, 1.807) is 6.92 Å². The van der Waals surface area contributed by atoms with Crippen LogP contribution in [0.25, 0.3) is 0 Å². The third-order valence-corrected chi connectivity index (χ3v) is 3.87. The molecule has 1 aliphatic carbocycles. The Morgan fingerprint density at radius 1 is 1.35 bits per heavy atom. The summed E-state index contributed by atoms with van der Waals surface area (Å²) in [7, 11) is 0. The summed E-state index contributed by atoms with van der Waals surface area (Å²) in [6, 6.07) is -0.788. The number of carbonyl (C=O) groups excluding carboxylic acids is 1. The minimum Gasteiger partial charge on any atom is -0.481 e. The normalized spacial score (nSPS) is 24.6. The maximum Gasteiger partial charge on any atom is 0.308 e. The molecule has 1 heterocycles. The largest absolute Gasteiger partial charge is 0.481 e. The number of hydrogen-bond donors (Lipinski definition) is 2. The van der Waals surface area contributed by atoms with Crippen molar-refractivity contribution in [2.75, 3.05) is 0 Å². The Hall–Kier alpha value is -1.92. The summed E-state index contributed by atoms with van der Waals surface area (Å²) < 4.78 is 1.46. The van der Waals surface area contributed by atoms with Gasteiger partial charge in [-0.15, -0.1) is 0 Å². The topological polar surface area (TPSA) is 97.1 Å². The number of carboxylic acid groups (broad SMARTS) is 1.